The fourth-order valence-corrected chi connectivity index (χ4v) is 3.71. The third kappa shape index (κ3) is 4.28. The molecule has 3 heterocycles. The van der Waals surface area contributed by atoms with Crippen LogP contribution in [0, 0.1) is 5.41 Å². The van der Waals surface area contributed by atoms with Crippen molar-refractivity contribution in [3.63, 3.8) is 0 Å². The van der Waals surface area contributed by atoms with Crippen molar-refractivity contribution in [2.45, 2.75) is 45.4 Å². The smallest absolute Gasteiger partial charge is 0.248 e. The number of aromatic nitrogens is 4. The molecule has 0 radical (unpaired) electrons. The monoisotopic (exact) mass is 416 g/mol. The van der Waals surface area contributed by atoms with Gasteiger partial charge in [-0.3, -0.25) is 14.6 Å². The van der Waals surface area contributed by atoms with E-state index in [1.165, 1.54) is 16.6 Å². The van der Waals surface area contributed by atoms with Crippen molar-refractivity contribution < 1.29 is 19.4 Å². The van der Waals surface area contributed by atoms with Gasteiger partial charge < -0.3 is 20.1 Å². The van der Waals surface area contributed by atoms with Crippen LogP contribution in [0.1, 0.15) is 33.2 Å². The second kappa shape index (κ2) is 8.39. The van der Waals surface area contributed by atoms with Crippen LogP contribution in [-0.4, -0.2) is 74.6 Å². The van der Waals surface area contributed by atoms with Crippen molar-refractivity contribution in [1.82, 2.24) is 30.2 Å². The number of carbonyl (C=O) groups is 2. The molecule has 1 fully saturated rings. The van der Waals surface area contributed by atoms with Crippen LogP contribution in [0.5, 0.6) is 5.75 Å². The molecule has 10 heteroatoms. The Bertz CT molecular complexity index is 922. The summed E-state index contributed by atoms with van der Waals surface area (Å²) in [5.41, 5.74) is 0.547. The van der Waals surface area contributed by atoms with E-state index in [1.807, 2.05) is 20.8 Å². The van der Waals surface area contributed by atoms with Crippen LogP contribution < -0.4 is 10.1 Å². The van der Waals surface area contributed by atoms with E-state index >= 15 is 0 Å². The summed E-state index contributed by atoms with van der Waals surface area (Å²) in [6, 6.07) is 2.03. The molecule has 0 aliphatic carbocycles. The summed E-state index contributed by atoms with van der Waals surface area (Å²) >= 11 is 0. The number of pyridine rings is 1. The van der Waals surface area contributed by atoms with Gasteiger partial charge in [0.2, 0.25) is 11.8 Å². The van der Waals surface area contributed by atoms with E-state index in [0.717, 1.165) is 0 Å². The van der Waals surface area contributed by atoms with E-state index in [0.29, 0.717) is 17.1 Å². The molecule has 2 aromatic rings. The van der Waals surface area contributed by atoms with Gasteiger partial charge in [-0.15, -0.1) is 5.10 Å². The van der Waals surface area contributed by atoms with Gasteiger partial charge in [0.25, 0.3) is 0 Å². The summed E-state index contributed by atoms with van der Waals surface area (Å²) in [6.07, 6.45) is 2.73. The minimum Gasteiger partial charge on any atom is -0.497 e. The van der Waals surface area contributed by atoms with Gasteiger partial charge in [0.15, 0.2) is 0 Å². The lowest BCUT2D eigenvalue weighted by atomic mass is 9.85. The molecule has 3 rings (SSSR count). The highest BCUT2D eigenvalue weighted by molar-refractivity contribution is 5.90. The Labute approximate surface area is 175 Å². The van der Waals surface area contributed by atoms with Gasteiger partial charge in [0, 0.05) is 32.3 Å². The number of carbonyl (C=O) groups excluding carboxylic acids is 2. The van der Waals surface area contributed by atoms with Crippen LogP contribution in [0.2, 0.25) is 0 Å². The van der Waals surface area contributed by atoms with Crippen LogP contribution in [0.4, 0.5) is 0 Å². The molecule has 10 nitrogen and oxygen atoms in total. The molecule has 2 unspecified atom stereocenters. The number of nitrogens with zero attached hydrogens (tertiary/aromatic N) is 5. The van der Waals surface area contributed by atoms with E-state index in [1.54, 1.807) is 31.6 Å². The number of methoxy groups -OCH3 is 1. The summed E-state index contributed by atoms with van der Waals surface area (Å²) in [7, 11) is 3.08. The lowest BCUT2D eigenvalue weighted by molar-refractivity contribution is -0.144. The first-order valence-electron chi connectivity index (χ1n) is 9.78. The number of nitrogens with one attached hydrogen (secondary N) is 1. The van der Waals surface area contributed by atoms with E-state index in [9.17, 15) is 14.7 Å². The SMILES string of the molecule is CNC(=O)C1CC(O)CN1C(=O)[C@@H](n1cc(-c2cc(OC)ccn2)nn1)C(C)(C)C. The number of hydrogen-bond acceptors (Lipinski definition) is 7. The van der Waals surface area contributed by atoms with Crippen LogP contribution in [0.15, 0.2) is 24.5 Å². The highest BCUT2D eigenvalue weighted by atomic mass is 16.5. The fourth-order valence-electron chi connectivity index (χ4n) is 3.71. The molecule has 2 N–H and O–H groups in total. The first-order chi connectivity index (χ1) is 14.2. The zero-order chi connectivity index (χ0) is 22.1. The molecule has 1 saturated heterocycles. The maximum atomic E-state index is 13.5. The highest BCUT2D eigenvalue weighted by Crippen LogP contribution is 2.35. The minimum absolute atomic E-state index is 0.0997. The number of hydrogen-bond donors (Lipinski definition) is 2. The second-order valence-corrected chi connectivity index (χ2v) is 8.44. The lowest BCUT2D eigenvalue weighted by Crippen LogP contribution is -2.49. The average Bonchev–Trinajstić information content (AvgIpc) is 3.33. The Morgan fingerprint density at radius 2 is 2.07 bits per heavy atom. The number of β-amino-alcohol motifs (C(OH)–C–C–N with tert-alkyl or cyclic N) is 1. The molecule has 162 valence electrons. The number of ether oxygens (including phenoxy) is 1. The zero-order valence-electron chi connectivity index (χ0n) is 17.9. The lowest BCUT2D eigenvalue weighted by Gasteiger charge is -2.34. The minimum atomic E-state index is -0.746. The molecule has 0 saturated carbocycles. The Balaban J connectivity index is 1.95. The van der Waals surface area contributed by atoms with E-state index in [4.69, 9.17) is 4.74 Å². The molecule has 0 aromatic carbocycles. The van der Waals surface area contributed by atoms with Crippen LogP contribution in [0.25, 0.3) is 11.4 Å². The van der Waals surface area contributed by atoms with Gasteiger partial charge in [-0.25, -0.2) is 4.68 Å². The van der Waals surface area contributed by atoms with Gasteiger partial charge in [-0.2, -0.15) is 0 Å². The summed E-state index contributed by atoms with van der Waals surface area (Å²) in [4.78, 5) is 31.5. The van der Waals surface area contributed by atoms with Gasteiger partial charge in [0.1, 0.15) is 23.5 Å². The summed E-state index contributed by atoms with van der Waals surface area (Å²) < 4.78 is 6.73. The molecule has 2 aromatic heterocycles. The Hall–Kier alpha value is -3.01. The van der Waals surface area contributed by atoms with Crippen molar-refractivity contribution >= 4 is 11.8 Å². The number of likely N-dealkylation sites (N-methyl/N-ethyl adjacent to an activating group) is 1. The van der Waals surface area contributed by atoms with Gasteiger partial charge in [-0.05, 0) is 11.5 Å². The van der Waals surface area contributed by atoms with Crippen LogP contribution in [-0.2, 0) is 9.59 Å². The Morgan fingerprint density at radius 1 is 1.33 bits per heavy atom. The highest BCUT2D eigenvalue weighted by Gasteiger charge is 2.45. The molecule has 3 atom stereocenters. The standard InChI is InChI=1S/C20H28N6O4/c1-20(2,3)17(19(29)25-10-12(27)8-16(25)18(28)21-4)26-11-15(23-24-26)14-9-13(30-5)6-7-22-14/h6-7,9,11-12,16-17,27H,8,10H2,1-5H3,(H,21,28)/t12?,16?,17-/m1/s1. The van der Waals surface area contributed by atoms with E-state index in [2.05, 4.69) is 20.6 Å². The topological polar surface area (TPSA) is 122 Å². The predicted molar refractivity (Wildman–Crippen MR) is 108 cm³/mol. The van der Waals surface area contributed by atoms with Crippen molar-refractivity contribution in [3.05, 3.63) is 24.5 Å². The van der Waals surface area contributed by atoms with Crippen molar-refractivity contribution in [1.29, 1.82) is 0 Å². The molecular weight excluding hydrogens is 388 g/mol. The molecule has 1 aliphatic heterocycles. The zero-order valence-corrected chi connectivity index (χ0v) is 17.9. The van der Waals surface area contributed by atoms with Crippen molar-refractivity contribution in [2.24, 2.45) is 5.41 Å². The van der Waals surface area contributed by atoms with E-state index in [-0.39, 0.29) is 24.8 Å². The van der Waals surface area contributed by atoms with Crippen LogP contribution in [0.3, 0.4) is 0 Å². The Kier molecular flexibility index (Phi) is 6.06. The molecule has 2 amide bonds. The van der Waals surface area contributed by atoms with Crippen molar-refractivity contribution in [2.75, 3.05) is 20.7 Å². The number of amides is 2. The third-order valence-corrected chi connectivity index (χ3v) is 5.17. The quantitative estimate of drug-likeness (QED) is 0.733. The van der Waals surface area contributed by atoms with E-state index < -0.39 is 23.6 Å². The number of rotatable bonds is 5. The van der Waals surface area contributed by atoms with Crippen molar-refractivity contribution in [3.8, 4) is 17.1 Å². The number of aliphatic hydroxyl groups excluding tert-OH is 1. The largest absolute Gasteiger partial charge is 0.497 e. The maximum absolute atomic E-state index is 13.5. The number of likely N-dealkylation sites (tertiary alicyclic amines) is 1. The second-order valence-electron chi connectivity index (χ2n) is 8.44. The van der Waals surface area contributed by atoms with Crippen LogP contribution >= 0.6 is 0 Å². The van der Waals surface area contributed by atoms with Gasteiger partial charge in [0.05, 0.1) is 25.1 Å². The number of aliphatic hydroxyl groups is 1. The molecule has 0 bridgehead atoms. The molecule has 0 spiro atoms. The maximum Gasteiger partial charge on any atom is 0.248 e. The molecule has 1 aliphatic rings. The summed E-state index contributed by atoms with van der Waals surface area (Å²) in [5.74, 6) is 0.0487. The first kappa shape index (κ1) is 21.7. The Morgan fingerprint density at radius 3 is 2.70 bits per heavy atom. The molecular formula is C20H28N6O4. The average molecular weight is 416 g/mol. The summed E-state index contributed by atoms with van der Waals surface area (Å²) in [6.45, 7) is 5.86. The normalized spacial score (nSPS) is 20.1. The van der Waals surface area contributed by atoms with Gasteiger partial charge >= 0.3 is 0 Å². The summed E-state index contributed by atoms with van der Waals surface area (Å²) in [5, 5.41) is 21.0. The predicted octanol–water partition coefficient (Wildman–Crippen LogP) is 0.644. The first-order valence-corrected chi connectivity index (χ1v) is 9.78. The third-order valence-electron chi connectivity index (χ3n) is 5.17. The van der Waals surface area contributed by atoms with Gasteiger partial charge in [-0.1, -0.05) is 26.0 Å². The fraction of sp³-hybridized carbons (Fsp3) is 0.550. The molecule has 30 heavy (non-hydrogen) atoms.